The molecule has 1 aromatic heterocycles. The monoisotopic (exact) mass is 387 g/mol. The first-order chi connectivity index (χ1) is 10.4. The molecule has 0 aliphatic carbocycles. The molecule has 0 amide bonds. The van der Waals surface area contributed by atoms with Crippen LogP contribution in [0.4, 0.5) is 5.69 Å². The zero-order valence-electron chi connectivity index (χ0n) is 12.9. The van der Waals surface area contributed by atoms with Gasteiger partial charge in [0, 0.05) is 10.6 Å². The fourth-order valence-corrected chi connectivity index (χ4v) is 2.76. The van der Waals surface area contributed by atoms with Crippen LogP contribution in [0.1, 0.15) is 5.69 Å². The van der Waals surface area contributed by atoms with Crippen LogP contribution in [-0.4, -0.2) is 22.8 Å². The Morgan fingerprint density at radius 3 is 2.54 bits per heavy atom. The first kappa shape index (κ1) is 24.1. The van der Waals surface area contributed by atoms with Crippen LogP contribution >= 0.6 is 12.0 Å². The Balaban J connectivity index is 0.00000264. The predicted octanol–water partition coefficient (Wildman–Crippen LogP) is -5.13. The molecule has 24 heavy (non-hydrogen) atoms. The van der Waals surface area contributed by atoms with Crippen LogP contribution in [0.15, 0.2) is 34.2 Å². The summed E-state index contributed by atoms with van der Waals surface area (Å²) in [5, 5.41) is 17.0. The molecule has 0 aliphatic rings. The summed E-state index contributed by atoms with van der Waals surface area (Å²) in [6.07, 6.45) is 1.25. The molecule has 2 rings (SSSR count). The Bertz CT molecular complexity index is 850. The molecule has 0 fully saturated rings. The topological polar surface area (TPSA) is 121 Å². The van der Waals surface area contributed by atoms with Crippen molar-refractivity contribution in [2.45, 2.75) is 16.7 Å². The molecule has 9 nitrogen and oxygen atoms in total. The van der Waals surface area contributed by atoms with Gasteiger partial charge in [0.1, 0.15) is 10.1 Å². The molecule has 0 spiro atoms. The van der Waals surface area contributed by atoms with Crippen LogP contribution in [0.5, 0.6) is 0 Å². The van der Waals surface area contributed by atoms with Crippen molar-refractivity contribution < 1.29 is 86.7 Å². The Hall–Kier alpha value is 0.0600. The maximum atomic E-state index is 11.4. The van der Waals surface area contributed by atoms with Gasteiger partial charge in [0.2, 0.25) is 5.69 Å². The summed E-state index contributed by atoms with van der Waals surface area (Å²) in [5.41, 5.74) is 0.524. The Kier molecular flexibility index (Phi) is 10.3. The van der Waals surface area contributed by atoms with E-state index in [-0.39, 0.29) is 70.5 Å². The summed E-state index contributed by atoms with van der Waals surface area (Å²) >= 11 is 0.534. The van der Waals surface area contributed by atoms with Gasteiger partial charge in [-0.3, -0.25) is 5.04 Å². The van der Waals surface area contributed by atoms with Gasteiger partial charge in [-0.1, -0.05) is 0 Å². The molecule has 0 atom stereocenters. The summed E-state index contributed by atoms with van der Waals surface area (Å²) in [5.74, 6) is 0. The second-order valence-corrected chi connectivity index (χ2v) is 6.06. The van der Waals surface area contributed by atoms with Crippen molar-refractivity contribution in [3.8, 4) is 5.69 Å². The molecule has 2 aromatic rings. The van der Waals surface area contributed by atoms with Gasteiger partial charge in [-0.2, -0.15) is 9.43 Å². The van der Waals surface area contributed by atoms with Crippen molar-refractivity contribution in [2.24, 2.45) is 0 Å². The minimum absolute atomic E-state index is 0. The second-order valence-electron chi connectivity index (χ2n) is 3.94. The van der Waals surface area contributed by atoms with Crippen LogP contribution in [-0.2, 0) is 19.5 Å². The third-order valence-electron chi connectivity index (χ3n) is 2.69. The maximum Gasteiger partial charge on any atom is 1.00 e. The average molecular weight is 387 g/mol. The number of hydrogen-bond donors (Lipinski definition) is 0. The largest absolute Gasteiger partial charge is 1.00 e. The van der Waals surface area contributed by atoms with Gasteiger partial charge >= 0.3 is 59.1 Å². The fourth-order valence-electron chi connectivity index (χ4n) is 1.73. The zero-order valence-corrected chi connectivity index (χ0v) is 18.6. The minimum atomic E-state index is -4.76. The van der Waals surface area contributed by atoms with E-state index in [4.69, 9.17) is 6.57 Å². The SMILES string of the molecule is [C-]#[N+]c1cnn(-c2cc(SOO[O-])ccc2S(=O)(=O)[O-])c1C.[Na+].[Na+]. The minimum Gasteiger partial charge on any atom is -0.744 e. The molecule has 0 aliphatic heterocycles. The quantitative estimate of drug-likeness (QED) is 0.125. The zero-order chi connectivity index (χ0) is 16.3. The Morgan fingerprint density at radius 1 is 1.38 bits per heavy atom. The van der Waals surface area contributed by atoms with Crippen molar-refractivity contribution in [3.63, 3.8) is 0 Å². The summed E-state index contributed by atoms with van der Waals surface area (Å²) < 4.78 is 39.4. The van der Waals surface area contributed by atoms with Crippen molar-refractivity contribution in [1.29, 1.82) is 0 Å². The maximum absolute atomic E-state index is 11.4. The van der Waals surface area contributed by atoms with Gasteiger partial charge in [-0.05, 0) is 25.1 Å². The van der Waals surface area contributed by atoms with Crippen molar-refractivity contribution in [2.75, 3.05) is 0 Å². The van der Waals surface area contributed by atoms with Gasteiger partial charge in [-0.25, -0.2) is 17.9 Å². The van der Waals surface area contributed by atoms with E-state index in [1.807, 2.05) is 0 Å². The van der Waals surface area contributed by atoms with Crippen LogP contribution < -0.4 is 64.4 Å². The molecule has 0 saturated heterocycles. The van der Waals surface area contributed by atoms with Crippen molar-refractivity contribution in [1.82, 2.24) is 9.78 Å². The summed E-state index contributed by atoms with van der Waals surface area (Å²) in [6.45, 7) is 8.54. The number of aromatic nitrogens is 2. The molecule has 1 heterocycles. The average Bonchev–Trinajstić information content (AvgIpc) is 2.84. The van der Waals surface area contributed by atoms with E-state index in [1.54, 1.807) is 6.92 Å². The van der Waals surface area contributed by atoms with Crippen LogP contribution in [0, 0.1) is 13.5 Å². The van der Waals surface area contributed by atoms with Crippen molar-refractivity contribution in [3.05, 3.63) is 41.5 Å². The van der Waals surface area contributed by atoms with Crippen molar-refractivity contribution >= 4 is 27.8 Å². The van der Waals surface area contributed by atoms with Gasteiger partial charge < -0.3 is 9.81 Å². The smallest absolute Gasteiger partial charge is 0.744 e. The molecular formula is C11H7N3Na2O6S2. The van der Waals surface area contributed by atoms with Gasteiger partial charge in [0.05, 0.1) is 35.4 Å². The first-order valence-corrected chi connectivity index (χ1v) is 7.69. The van der Waals surface area contributed by atoms with Gasteiger partial charge in [-0.15, -0.1) is 0 Å². The van der Waals surface area contributed by atoms with E-state index in [1.165, 1.54) is 18.3 Å². The summed E-state index contributed by atoms with van der Waals surface area (Å²) in [7, 11) is -4.76. The van der Waals surface area contributed by atoms with E-state index in [0.29, 0.717) is 22.6 Å². The summed E-state index contributed by atoms with van der Waals surface area (Å²) in [6, 6.07) is 3.61. The number of nitrogens with zero attached hydrogens (tertiary/aromatic N) is 3. The number of rotatable bonds is 5. The van der Waals surface area contributed by atoms with Crippen LogP contribution in [0.25, 0.3) is 10.5 Å². The Labute approximate surface area is 186 Å². The molecule has 1 aromatic carbocycles. The second kappa shape index (κ2) is 10.3. The molecule has 13 heteroatoms. The predicted molar refractivity (Wildman–Crippen MR) is 70.6 cm³/mol. The van der Waals surface area contributed by atoms with E-state index in [0.717, 1.165) is 10.7 Å². The third kappa shape index (κ3) is 5.53. The molecular weight excluding hydrogens is 380 g/mol. The van der Waals surface area contributed by atoms with E-state index in [9.17, 15) is 18.2 Å². The van der Waals surface area contributed by atoms with Gasteiger partial charge in [0.15, 0.2) is 0 Å². The van der Waals surface area contributed by atoms with E-state index in [2.05, 4.69) is 19.3 Å². The van der Waals surface area contributed by atoms with E-state index < -0.39 is 15.0 Å². The molecule has 0 unspecified atom stereocenters. The normalized spacial score (nSPS) is 10.4. The number of benzene rings is 1. The Morgan fingerprint density at radius 2 is 2.04 bits per heavy atom. The van der Waals surface area contributed by atoms with Gasteiger partial charge in [0.25, 0.3) is 0 Å². The van der Waals surface area contributed by atoms with E-state index >= 15 is 0 Å². The third-order valence-corrected chi connectivity index (χ3v) is 4.14. The molecule has 116 valence electrons. The fraction of sp³-hybridized carbons (Fsp3) is 0.0909. The number of hydrogen-bond acceptors (Lipinski definition) is 8. The van der Waals surface area contributed by atoms with Crippen LogP contribution in [0.2, 0.25) is 0 Å². The molecule has 0 saturated carbocycles. The first-order valence-electron chi connectivity index (χ1n) is 5.54. The summed E-state index contributed by atoms with van der Waals surface area (Å²) in [4.78, 5) is 3.02. The van der Waals surface area contributed by atoms with Crippen LogP contribution in [0.3, 0.4) is 0 Å². The standard InChI is InChI=1S/C11H9N3O6S2.2Na/c1-7-9(12-2)6-13-14(7)10-5-8(21-20-19-15)3-4-11(10)22(16,17)18;;/h3-6,15H,1H3,(H,16,17,18);;/q;2*+1/p-2. The molecule has 0 N–H and O–H groups in total. The molecule has 0 bridgehead atoms. The molecule has 0 radical (unpaired) electrons.